The van der Waals surface area contributed by atoms with Gasteiger partial charge in [0.2, 0.25) is 0 Å². The fraction of sp³-hybridized carbons (Fsp3) is 0. The molecule has 0 rings (SSSR count). The molecule has 0 aromatic rings. The van der Waals surface area contributed by atoms with E-state index in [1.54, 1.807) is 0 Å². The fourth-order valence-corrected chi connectivity index (χ4v) is 0. The van der Waals surface area contributed by atoms with Crippen molar-refractivity contribution in [3.05, 3.63) is 0 Å². The normalized spacial score (nSPS) is 10.2. The van der Waals surface area contributed by atoms with E-state index in [1.807, 2.05) is 0 Å². The molecule has 0 bridgehead atoms. The molecular formula is Co2O12Te3. The van der Waals surface area contributed by atoms with Crippen LogP contribution < -0.4 is 20.8 Å². The first-order valence-corrected chi connectivity index (χ1v) is 13.4. The maximum absolute atomic E-state index is 8.63. The van der Waals surface area contributed by atoms with Crippen molar-refractivity contribution in [1.29, 1.82) is 0 Å². The molecule has 0 heterocycles. The number of hydrogen-bond acceptors (Lipinski definition) is 12. The SMILES string of the molecule is O=[Te](=O)([O-])[O-].O=[Te](=O)([O-])[O-].O=[Te](=O)([O-])[O-].[Co+3].[Co+3]. The summed E-state index contributed by atoms with van der Waals surface area (Å²) in [5.74, 6) is 0. The monoisotopic (exact) mass is 700 g/mol. The summed E-state index contributed by atoms with van der Waals surface area (Å²) in [7, 11) is 0. The molecule has 108 valence electrons. The summed E-state index contributed by atoms with van der Waals surface area (Å²) in [4.78, 5) is 0. The predicted molar refractivity (Wildman–Crippen MR) is 21.4 cm³/mol. The first kappa shape index (κ1) is 31.4. The maximum Gasteiger partial charge on any atom is 3.00 e. The van der Waals surface area contributed by atoms with Gasteiger partial charge in [-0.3, -0.25) is 0 Å². The Morgan fingerprint density at radius 3 is 0.412 bits per heavy atom. The van der Waals surface area contributed by atoms with Gasteiger partial charge in [0.1, 0.15) is 0 Å². The summed E-state index contributed by atoms with van der Waals surface area (Å²) in [6, 6.07) is 0. The molecule has 12 nitrogen and oxygen atoms in total. The Morgan fingerprint density at radius 2 is 0.412 bits per heavy atom. The van der Waals surface area contributed by atoms with Crippen LogP contribution in [0.4, 0.5) is 0 Å². The van der Waals surface area contributed by atoms with Crippen LogP contribution in [-0.2, 0) is 52.2 Å². The van der Waals surface area contributed by atoms with Crippen LogP contribution in [0, 0.1) is 0 Å². The van der Waals surface area contributed by atoms with Crippen molar-refractivity contribution in [3.63, 3.8) is 0 Å². The van der Waals surface area contributed by atoms with Gasteiger partial charge in [-0.2, -0.15) is 0 Å². The Kier molecular flexibility index (Phi) is 23.9. The van der Waals surface area contributed by atoms with Gasteiger partial charge in [-0.25, -0.2) is 0 Å². The molecule has 0 atom stereocenters. The third-order valence-corrected chi connectivity index (χ3v) is 0. The fourth-order valence-electron chi connectivity index (χ4n) is 0. The molecule has 0 aromatic heterocycles. The molecule has 0 spiro atoms. The molecule has 17 heteroatoms. The summed E-state index contributed by atoms with van der Waals surface area (Å²) in [6.45, 7) is 0. The van der Waals surface area contributed by atoms with E-state index in [-0.39, 0.29) is 33.6 Å². The molecule has 0 saturated heterocycles. The zero-order chi connectivity index (χ0) is 13.5. The van der Waals surface area contributed by atoms with Crippen molar-refractivity contribution in [2.24, 2.45) is 0 Å². The van der Waals surface area contributed by atoms with Gasteiger partial charge in [0.05, 0.1) is 0 Å². The molecule has 0 aromatic carbocycles. The van der Waals surface area contributed by atoms with Crippen LogP contribution in [0.15, 0.2) is 0 Å². The first-order valence-electron chi connectivity index (χ1n) is 2.00. The van der Waals surface area contributed by atoms with Gasteiger partial charge in [0, 0.05) is 0 Å². The van der Waals surface area contributed by atoms with Crippen LogP contribution >= 0.6 is 0 Å². The third-order valence-electron chi connectivity index (χ3n) is 0. The van der Waals surface area contributed by atoms with E-state index in [0.717, 1.165) is 0 Å². The first-order chi connectivity index (χ1) is 6.00. The minimum Gasteiger partial charge on any atom is 3.00 e. The quantitative estimate of drug-likeness (QED) is 0.215. The minimum atomic E-state index is -6.02. The molecule has 0 N–H and O–H groups in total. The summed E-state index contributed by atoms with van der Waals surface area (Å²) in [5.41, 5.74) is 0. The molecule has 17 heavy (non-hydrogen) atoms. The zero-order valence-corrected chi connectivity index (χ0v) is 15.9. The molecule has 0 amide bonds. The molecule has 0 radical (unpaired) electrons. The van der Waals surface area contributed by atoms with Crippen LogP contribution in [0.1, 0.15) is 0 Å². The van der Waals surface area contributed by atoms with Crippen molar-refractivity contribution in [3.8, 4) is 0 Å². The Labute approximate surface area is 128 Å². The van der Waals surface area contributed by atoms with E-state index >= 15 is 0 Å². The van der Waals surface area contributed by atoms with Gasteiger partial charge in [-0.1, -0.05) is 0 Å². The minimum absolute atomic E-state index is 0. The second-order valence-corrected chi connectivity index (χ2v) is 8.22. The van der Waals surface area contributed by atoms with E-state index in [4.69, 9.17) is 39.5 Å². The van der Waals surface area contributed by atoms with Crippen molar-refractivity contribution >= 4 is 56.9 Å². The molecule has 0 aliphatic rings. The third kappa shape index (κ3) is 1210. The van der Waals surface area contributed by atoms with Crippen LogP contribution in [0.2, 0.25) is 0 Å². The molecular weight excluding hydrogens is 693 g/mol. The van der Waals surface area contributed by atoms with Gasteiger partial charge in [0.25, 0.3) is 0 Å². The van der Waals surface area contributed by atoms with Crippen LogP contribution in [-0.4, -0.2) is 56.9 Å². The molecule has 0 aliphatic carbocycles. The summed E-state index contributed by atoms with van der Waals surface area (Å²) in [6.07, 6.45) is 0. The van der Waals surface area contributed by atoms with Crippen LogP contribution in [0.25, 0.3) is 0 Å². The average Bonchev–Trinajstić information content (AvgIpc) is 1.41. The maximum atomic E-state index is 8.63. The smallest absolute Gasteiger partial charge is 3.00 e. The second-order valence-electron chi connectivity index (χ2n) is 1.22. The van der Waals surface area contributed by atoms with Gasteiger partial charge < -0.3 is 0 Å². The Hall–Kier alpha value is 1.94. The standard InChI is InChI=1S/2Co.3H2O4Te/c;;3*1-5(2,3)4/h;;3*(H2,1,2,3,4)/q2*+3;;;/p-6. The summed E-state index contributed by atoms with van der Waals surface area (Å²) in [5, 5.41) is 0. The second kappa shape index (κ2) is 12.9. The Bertz CT molecular complexity index is 341. The van der Waals surface area contributed by atoms with E-state index < -0.39 is 56.9 Å². The van der Waals surface area contributed by atoms with Crippen LogP contribution in [0.3, 0.4) is 0 Å². The van der Waals surface area contributed by atoms with E-state index in [9.17, 15) is 0 Å². The topological polar surface area (TPSA) is 241 Å². The predicted octanol–water partition coefficient (Wildman–Crippen LogP) is -8.99. The van der Waals surface area contributed by atoms with Gasteiger partial charge in [-0.15, -0.1) is 0 Å². The number of rotatable bonds is 0. The molecule has 0 fully saturated rings. The van der Waals surface area contributed by atoms with Gasteiger partial charge in [0.15, 0.2) is 0 Å². The zero-order valence-electron chi connectivity index (χ0n) is 6.79. The van der Waals surface area contributed by atoms with Gasteiger partial charge in [-0.05, 0) is 0 Å². The van der Waals surface area contributed by atoms with Crippen molar-refractivity contribution in [1.82, 2.24) is 0 Å². The number of hydrogen-bond donors (Lipinski definition) is 0. The molecule has 0 aliphatic heterocycles. The Morgan fingerprint density at radius 1 is 0.412 bits per heavy atom. The van der Waals surface area contributed by atoms with Crippen molar-refractivity contribution in [2.75, 3.05) is 0 Å². The van der Waals surface area contributed by atoms with Gasteiger partial charge >= 0.3 is 130 Å². The van der Waals surface area contributed by atoms with E-state index in [2.05, 4.69) is 0 Å². The van der Waals surface area contributed by atoms with Crippen LogP contribution in [0.5, 0.6) is 0 Å². The Balaban J connectivity index is -0.0000000400. The average molecular weight is 693 g/mol. The van der Waals surface area contributed by atoms with E-state index in [0.29, 0.717) is 0 Å². The van der Waals surface area contributed by atoms with E-state index in [1.165, 1.54) is 0 Å². The largest absolute Gasteiger partial charge is 3.00 e. The summed E-state index contributed by atoms with van der Waals surface area (Å²) >= 11 is -18.1. The van der Waals surface area contributed by atoms with Crippen molar-refractivity contribution < 1.29 is 73.0 Å². The summed E-state index contributed by atoms with van der Waals surface area (Å²) < 4.78 is 104. The molecule has 0 saturated carbocycles. The van der Waals surface area contributed by atoms with Crippen molar-refractivity contribution in [2.45, 2.75) is 0 Å². The molecule has 0 unspecified atom stereocenters.